The van der Waals surface area contributed by atoms with Gasteiger partial charge >= 0.3 is 0 Å². The predicted molar refractivity (Wildman–Crippen MR) is 121 cm³/mol. The number of aryl methyl sites for hydroxylation is 1. The summed E-state index contributed by atoms with van der Waals surface area (Å²) >= 11 is 1.35. The summed E-state index contributed by atoms with van der Waals surface area (Å²) in [5, 5.41) is 7.88. The monoisotopic (exact) mass is 434 g/mol. The molecule has 0 aliphatic heterocycles. The van der Waals surface area contributed by atoms with Crippen LogP contribution < -0.4 is 15.6 Å². The lowest BCUT2D eigenvalue weighted by Crippen LogP contribution is -2.20. The van der Waals surface area contributed by atoms with E-state index in [4.69, 9.17) is 4.74 Å². The highest BCUT2D eigenvalue weighted by molar-refractivity contribution is 7.16. The number of amides is 1. The van der Waals surface area contributed by atoms with E-state index in [1.54, 1.807) is 12.1 Å². The van der Waals surface area contributed by atoms with Crippen LogP contribution >= 0.6 is 11.3 Å². The van der Waals surface area contributed by atoms with E-state index in [2.05, 4.69) is 15.4 Å². The van der Waals surface area contributed by atoms with Crippen LogP contribution in [0.2, 0.25) is 0 Å². The molecule has 1 amide bonds. The Hall–Kier alpha value is -3.52. The number of nitrogens with zero attached hydrogens (tertiary/aromatic N) is 3. The van der Waals surface area contributed by atoms with Gasteiger partial charge in [-0.05, 0) is 31.0 Å². The van der Waals surface area contributed by atoms with Crippen molar-refractivity contribution in [3.63, 3.8) is 0 Å². The van der Waals surface area contributed by atoms with E-state index in [-0.39, 0.29) is 24.0 Å². The van der Waals surface area contributed by atoms with Gasteiger partial charge < -0.3 is 10.1 Å². The van der Waals surface area contributed by atoms with Gasteiger partial charge in [0.05, 0.1) is 11.6 Å². The molecule has 31 heavy (non-hydrogen) atoms. The molecule has 0 radical (unpaired) electrons. The van der Waals surface area contributed by atoms with E-state index in [0.717, 1.165) is 10.6 Å². The molecule has 0 bridgehead atoms. The van der Waals surface area contributed by atoms with E-state index < -0.39 is 0 Å². The summed E-state index contributed by atoms with van der Waals surface area (Å²) in [6.45, 7) is 3.96. The Labute approximate surface area is 183 Å². The number of aromatic nitrogens is 3. The molecule has 4 aromatic rings. The molecule has 0 saturated carbocycles. The number of hydrogen-bond acceptors (Lipinski definition) is 6. The van der Waals surface area contributed by atoms with Crippen LogP contribution in [0.4, 0.5) is 5.69 Å². The average Bonchev–Trinajstić information content (AvgIpc) is 3.15. The van der Waals surface area contributed by atoms with Crippen LogP contribution in [0.1, 0.15) is 35.5 Å². The highest BCUT2D eigenvalue weighted by atomic mass is 32.1. The van der Waals surface area contributed by atoms with Crippen LogP contribution in [0.5, 0.6) is 5.75 Å². The van der Waals surface area contributed by atoms with Crippen LogP contribution in [0.25, 0.3) is 4.96 Å². The van der Waals surface area contributed by atoms with Crippen molar-refractivity contribution in [3.8, 4) is 5.75 Å². The quantitative estimate of drug-likeness (QED) is 0.472. The summed E-state index contributed by atoms with van der Waals surface area (Å²) in [6, 6.07) is 18.3. The zero-order valence-electron chi connectivity index (χ0n) is 17.2. The fourth-order valence-electron chi connectivity index (χ4n) is 3.33. The SMILES string of the molecule is CC[C@@H](C(=O)Nc1cccc(OCc2cc(=O)n3nc(C)sc3n2)c1)c1ccccc1. The molecule has 0 saturated heterocycles. The lowest BCUT2D eigenvalue weighted by atomic mass is 9.95. The van der Waals surface area contributed by atoms with Gasteiger partial charge in [-0.3, -0.25) is 9.59 Å². The van der Waals surface area contributed by atoms with E-state index in [0.29, 0.717) is 28.5 Å². The molecule has 0 spiro atoms. The van der Waals surface area contributed by atoms with Gasteiger partial charge in [0.2, 0.25) is 10.9 Å². The summed E-state index contributed by atoms with van der Waals surface area (Å²) in [5.41, 5.74) is 1.93. The van der Waals surface area contributed by atoms with E-state index in [1.807, 2.05) is 56.3 Å². The first kappa shape index (κ1) is 20.7. The fraction of sp³-hybridized carbons (Fsp3) is 0.217. The van der Waals surface area contributed by atoms with E-state index >= 15 is 0 Å². The predicted octanol–water partition coefficient (Wildman–Crippen LogP) is 4.17. The number of carbonyl (C=O) groups excluding carboxylic acids is 1. The average molecular weight is 435 g/mol. The van der Waals surface area contributed by atoms with Gasteiger partial charge in [0.1, 0.15) is 17.4 Å². The second-order valence-corrected chi connectivity index (χ2v) is 8.24. The number of nitrogens with one attached hydrogen (secondary N) is 1. The molecule has 2 aromatic heterocycles. The smallest absolute Gasteiger partial charge is 0.275 e. The Morgan fingerprint density at radius 3 is 2.74 bits per heavy atom. The second kappa shape index (κ2) is 9.09. The molecule has 0 unspecified atom stereocenters. The Kier molecular flexibility index (Phi) is 6.08. The van der Waals surface area contributed by atoms with Gasteiger partial charge in [-0.15, -0.1) is 0 Å². The molecule has 158 valence electrons. The Balaban J connectivity index is 1.45. The molecule has 2 aromatic carbocycles. The van der Waals surface area contributed by atoms with Crippen LogP contribution in [0.3, 0.4) is 0 Å². The molecule has 2 heterocycles. The van der Waals surface area contributed by atoms with Crippen LogP contribution in [0, 0.1) is 6.92 Å². The zero-order chi connectivity index (χ0) is 21.8. The molecule has 1 atom stereocenters. The van der Waals surface area contributed by atoms with Crippen molar-refractivity contribution in [2.45, 2.75) is 32.8 Å². The molecule has 0 fully saturated rings. The first-order valence-electron chi connectivity index (χ1n) is 9.98. The van der Waals surface area contributed by atoms with Gasteiger partial charge in [0.25, 0.3) is 5.56 Å². The number of fused-ring (bicyclic) bond motifs is 1. The third-order valence-electron chi connectivity index (χ3n) is 4.81. The molecule has 1 N–H and O–H groups in total. The third kappa shape index (κ3) is 4.80. The standard InChI is InChI=1S/C23H22N4O3S/c1-3-20(16-8-5-4-6-9-16)22(29)24-17-10-7-11-19(12-17)30-14-18-13-21(28)27-23(25-18)31-15(2)26-27/h4-13,20H,3,14H2,1-2H3,(H,24,29)/t20-/m1/s1. The highest BCUT2D eigenvalue weighted by Gasteiger charge is 2.18. The van der Waals surface area contributed by atoms with Crippen molar-refractivity contribution in [2.24, 2.45) is 0 Å². The third-order valence-corrected chi connectivity index (χ3v) is 5.64. The Morgan fingerprint density at radius 2 is 1.97 bits per heavy atom. The van der Waals surface area contributed by atoms with Crippen molar-refractivity contribution in [3.05, 3.63) is 87.3 Å². The first-order valence-corrected chi connectivity index (χ1v) is 10.8. The summed E-state index contributed by atoms with van der Waals surface area (Å²) in [6.07, 6.45) is 0.701. The zero-order valence-corrected chi connectivity index (χ0v) is 18.1. The van der Waals surface area contributed by atoms with Crippen molar-refractivity contribution in [1.82, 2.24) is 14.6 Å². The number of carbonyl (C=O) groups is 1. The number of ether oxygens (including phenoxy) is 1. The maximum absolute atomic E-state index is 12.8. The highest BCUT2D eigenvalue weighted by Crippen LogP contribution is 2.24. The number of anilines is 1. The van der Waals surface area contributed by atoms with E-state index in [1.165, 1.54) is 21.9 Å². The number of hydrogen-bond donors (Lipinski definition) is 1. The van der Waals surface area contributed by atoms with Gasteiger partial charge in [0.15, 0.2) is 0 Å². The second-order valence-electron chi connectivity index (χ2n) is 7.08. The lowest BCUT2D eigenvalue weighted by Gasteiger charge is -2.16. The maximum Gasteiger partial charge on any atom is 0.275 e. The Morgan fingerprint density at radius 1 is 1.16 bits per heavy atom. The van der Waals surface area contributed by atoms with Crippen molar-refractivity contribution < 1.29 is 9.53 Å². The van der Waals surface area contributed by atoms with Crippen LogP contribution in [0.15, 0.2) is 65.5 Å². The molecule has 0 aliphatic rings. The topological polar surface area (TPSA) is 85.6 Å². The van der Waals surface area contributed by atoms with Gasteiger partial charge in [-0.1, -0.05) is 54.7 Å². The van der Waals surface area contributed by atoms with Crippen LogP contribution in [-0.4, -0.2) is 20.5 Å². The minimum Gasteiger partial charge on any atom is -0.487 e. The first-order chi connectivity index (χ1) is 15.0. The lowest BCUT2D eigenvalue weighted by molar-refractivity contribution is -0.117. The van der Waals surface area contributed by atoms with Crippen LogP contribution in [-0.2, 0) is 11.4 Å². The van der Waals surface area contributed by atoms with Crippen molar-refractivity contribution in [1.29, 1.82) is 0 Å². The summed E-state index contributed by atoms with van der Waals surface area (Å²) in [5.74, 6) is 0.289. The number of benzene rings is 2. The normalized spacial score (nSPS) is 11.9. The maximum atomic E-state index is 12.8. The molecule has 8 heteroatoms. The van der Waals surface area contributed by atoms with E-state index in [9.17, 15) is 9.59 Å². The molecule has 0 aliphatic carbocycles. The van der Waals surface area contributed by atoms with Gasteiger partial charge in [-0.25, -0.2) is 4.98 Å². The van der Waals surface area contributed by atoms with Gasteiger partial charge in [-0.2, -0.15) is 9.61 Å². The summed E-state index contributed by atoms with van der Waals surface area (Å²) < 4.78 is 7.11. The molecule has 7 nitrogen and oxygen atoms in total. The minimum atomic E-state index is -0.236. The largest absolute Gasteiger partial charge is 0.487 e. The van der Waals surface area contributed by atoms with Gasteiger partial charge in [0, 0.05) is 17.8 Å². The molecular weight excluding hydrogens is 412 g/mol. The van der Waals surface area contributed by atoms with Crippen molar-refractivity contribution in [2.75, 3.05) is 5.32 Å². The number of rotatable bonds is 7. The molecule has 4 rings (SSSR count). The fourth-order valence-corrected chi connectivity index (χ4v) is 4.10. The van der Waals surface area contributed by atoms with Crippen molar-refractivity contribution >= 4 is 27.9 Å². The summed E-state index contributed by atoms with van der Waals surface area (Å²) in [4.78, 5) is 29.9. The molecular formula is C23H22N4O3S. The summed E-state index contributed by atoms with van der Waals surface area (Å²) in [7, 11) is 0. The minimum absolute atomic E-state index is 0.0634. The Bertz CT molecular complexity index is 1270.